The molecule has 0 saturated carbocycles. The van der Waals surface area contributed by atoms with Crippen molar-refractivity contribution in [2.75, 3.05) is 0 Å². The quantitative estimate of drug-likeness (QED) is 0.642. The largest absolute Gasteiger partial charge is 0.481 e. The van der Waals surface area contributed by atoms with E-state index in [0.29, 0.717) is 12.3 Å². The summed E-state index contributed by atoms with van der Waals surface area (Å²) >= 11 is 0. The predicted molar refractivity (Wildman–Crippen MR) is 87.4 cm³/mol. The van der Waals surface area contributed by atoms with E-state index in [9.17, 15) is 19.8 Å². The molecule has 0 aromatic carbocycles. The summed E-state index contributed by atoms with van der Waals surface area (Å²) in [7, 11) is 0. The molecule has 0 spiro atoms. The Bertz CT molecular complexity index is 371. The average Bonchev–Trinajstić information content (AvgIpc) is 2.31. The third kappa shape index (κ3) is 7.25. The van der Waals surface area contributed by atoms with Gasteiger partial charge in [0.15, 0.2) is 0 Å². The van der Waals surface area contributed by atoms with Crippen molar-refractivity contribution in [3.05, 3.63) is 0 Å². The molecule has 0 aliphatic carbocycles. The maximum absolute atomic E-state index is 12.2. The van der Waals surface area contributed by atoms with Gasteiger partial charge in [-0.3, -0.25) is 9.59 Å². The number of carbonyl (C=O) groups excluding carboxylic acids is 1. The number of hydrogen-bond donors (Lipinski definition) is 3. The molecule has 3 N–H and O–H groups in total. The summed E-state index contributed by atoms with van der Waals surface area (Å²) in [4.78, 5) is 23.5. The van der Waals surface area contributed by atoms with Crippen LogP contribution in [-0.4, -0.2) is 34.2 Å². The smallest absolute Gasteiger partial charge is 0.306 e. The van der Waals surface area contributed by atoms with Gasteiger partial charge in [-0.25, -0.2) is 0 Å². The fraction of sp³-hybridized carbons (Fsp3) is 0.882. The van der Waals surface area contributed by atoms with Crippen LogP contribution in [0.15, 0.2) is 0 Å². The van der Waals surface area contributed by atoms with Gasteiger partial charge in [0.2, 0.25) is 5.91 Å². The lowest BCUT2D eigenvalue weighted by atomic mass is 9.85. The van der Waals surface area contributed by atoms with Crippen molar-refractivity contribution in [2.45, 2.75) is 73.5 Å². The van der Waals surface area contributed by atoms with E-state index >= 15 is 0 Å². The van der Waals surface area contributed by atoms with Crippen LogP contribution in [0.25, 0.3) is 0 Å². The SMILES string of the molecule is CC(C)C[C@H](NC(=O)C(C)(C)C)[C@@H](O)C[C@H](C(=O)O)C(C)C. The van der Waals surface area contributed by atoms with Crippen molar-refractivity contribution in [1.82, 2.24) is 5.32 Å². The topological polar surface area (TPSA) is 86.6 Å². The number of rotatable bonds is 8. The van der Waals surface area contributed by atoms with Crippen molar-refractivity contribution >= 4 is 11.9 Å². The van der Waals surface area contributed by atoms with Crippen molar-refractivity contribution in [3.63, 3.8) is 0 Å². The molecular weight excluding hydrogens is 282 g/mol. The summed E-state index contributed by atoms with van der Waals surface area (Å²) in [5, 5.41) is 22.6. The van der Waals surface area contributed by atoms with E-state index in [4.69, 9.17) is 0 Å². The molecule has 0 aromatic rings. The molecule has 0 rings (SSSR count). The Morgan fingerprint density at radius 1 is 1.05 bits per heavy atom. The van der Waals surface area contributed by atoms with Gasteiger partial charge in [0.1, 0.15) is 0 Å². The molecule has 5 nitrogen and oxygen atoms in total. The second kappa shape index (κ2) is 8.51. The zero-order valence-corrected chi connectivity index (χ0v) is 15.0. The van der Waals surface area contributed by atoms with Crippen LogP contribution in [0, 0.1) is 23.2 Å². The molecule has 130 valence electrons. The van der Waals surface area contributed by atoms with Crippen LogP contribution in [0.5, 0.6) is 0 Å². The molecule has 0 radical (unpaired) electrons. The lowest BCUT2D eigenvalue weighted by Crippen LogP contribution is -2.49. The molecule has 0 aromatic heterocycles. The Kier molecular flexibility index (Phi) is 8.09. The standard InChI is InChI=1S/C17H33NO4/c1-10(2)8-13(18-16(22)17(5,6)7)14(19)9-12(11(3)4)15(20)21/h10-14,19H,8-9H2,1-7H3,(H,18,22)(H,20,21)/t12-,13-,14-/m0/s1. The van der Waals surface area contributed by atoms with Gasteiger partial charge in [-0.2, -0.15) is 0 Å². The third-order valence-electron chi connectivity index (χ3n) is 3.80. The van der Waals surface area contributed by atoms with Crippen LogP contribution in [0.4, 0.5) is 0 Å². The molecule has 0 heterocycles. The first-order valence-electron chi connectivity index (χ1n) is 8.08. The average molecular weight is 315 g/mol. The number of aliphatic hydroxyl groups excluding tert-OH is 1. The minimum absolute atomic E-state index is 0.0647. The molecule has 0 bridgehead atoms. The highest BCUT2D eigenvalue weighted by atomic mass is 16.4. The number of aliphatic carboxylic acids is 1. The lowest BCUT2D eigenvalue weighted by Gasteiger charge is -2.31. The summed E-state index contributed by atoms with van der Waals surface area (Å²) < 4.78 is 0. The fourth-order valence-electron chi connectivity index (χ4n) is 2.29. The summed E-state index contributed by atoms with van der Waals surface area (Å²) in [6, 6.07) is -0.424. The minimum atomic E-state index is -0.903. The van der Waals surface area contributed by atoms with Gasteiger partial charge in [-0.1, -0.05) is 48.5 Å². The second-order valence-corrected chi connectivity index (χ2v) is 7.95. The fourth-order valence-corrected chi connectivity index (χ4v) is 2.29. The number of hydrogen-bond acceptors (Lipinski definition) is 3. The molecule has 0 unspecified atom stereocenters. The number of carboxylic acid groups (broad SMARTS) is 1. The predicted octanol–water partition coefficient (Wildman–Crippen LogP) is 2.67. The maximum Gasteiger partial charge on any atom is 0.306 e. The minimum Gasteiger partial charge on any atom is -0.481 e. The monoisotopic (exact) mass is 315 g/mol. The van der Waals surface area contributed by atoms with Crippen LogP contribution in [0.2, 0.25) is 0 Å². The first-order chi connectivity index (χ1) is 9.86. The molecule has 1 amide bonds. The Hall–Kier alpha value is -1.10. The van der Waals surface area contributed by atoms with Crippen LogP contribution >= 0.6 is 0 Å². The van der Waals surface area contributed by atoms with E-state index in [1.54, 1.807) is 0 Å². The van der Waals surface area contributed by atoms with Gasteiger partial charge in [-0.05, 0) is 24.7 Å². The van der Waals surface area contributed by atoms with E-state index in [1.807, 2.05) is 48.5 Å². The van der Waals surface area contributed by atoms with Crippen LogP contribution in [0.1, 0.15) is 61.3 Å². The molecular formula is C17H33NO4. The molecule has 5 heteroatoms. The van der Waals surface area contributed by atoms with Crippen LogP contribution < -0.4 is 5.32 Å². The van der Waals surface area contributed by atoms with Gasteiger partial charge >= 0.3 is 5.97 Å². The summed E-state index contributed by atoms with van der Waals surface area (Å²) in [5.74, 6) is -1.42. The molecule has 0 saturated heterocycles. The van der Waals surface area contributed by atoms with Gasteiger partial charge in [0, 0.05) is 5.41 Å². The Morgan fingerprint density at radius 2 is 1.55 bits per heavy atom. The van der Waals surface area contributed by atoms with E-state index < -0.39 is 29.4 Å². The van der Waals surface area contributed by atoms with Gasteiger partial charge in [0.25, 0.3) is 0 Å². The number of carboxylic acids is 1. The molecule has 0 aliphatic heterocycles. The van der Waals surface area contributed by atoms with Crippen LogP contribution in [-0.2, 0) is 9.59 Å². The zero-order valence-electron chi connectivity index (χ0n) is 15.0. The highest BCUT2D eigenvalue weighted by Crippen LogP contribution is 2.22. The van der Waals surface area contributed by atoms with Crippen molar-refractivity contribution in [3.8, 4) is 0 Å². The summed E-state index contributed by atoms with van der Waals surface area (Å²) in [5.41, 5.74) is -0.542. The first kappa shape index (κ1) is 20.9. The maximum atomic E-state index is 12.2. The summed E-state index contributed by atoms with van der Waals surface area (Å²) in [6.07, 6.45) is -0.0976. The normalized spacial score (nSPS) is 16.5. The van der Waals surface area contributed by atoms with E-state index in [2.05, 4.69) is 5.32 Å². The van der Waals surface area contributed by atoms with E-state index in [-0.39, 0.29) is 18.2 Å². The zero-order chi connectivity index (χ0) is 17.7. The lowest BCUT2D eigenvalue weighted by molar-refractivity contribution is -0.144. The van der Waals surface area contributed by atoms with Gasteiger partial charge in [-0.15, -0.1) is 0 Å². The van der Waals surface area contributed by atoms with Crippen LogP contribution in [0.3, 0.4) is 0 Å². The summed E-state index contributed by atoms with van der Waals surface area (Å²) in [6.45, 7) is 13.1. The second-order valence-electron chi connectivity index (χ2n) is 7.95. The number of aliphatic hydroxyl groups is 1. The third-order valence-corrected chi connectivity index (χ3v) is 3.80. The van der Waals surface area contributed by atoms with Crippen molar-refractivity contribution < 1.29 is 19.8 Å². The molecule has 3 atom stereocenters. The first-order valence-corrected chi connectivity index (χ1v) is 8.08. The molecule has 0 aliphatic rings. The number of carbonyl (C=O) groups is 2. The van der Waals surface area contributed by atoms with Gasteiger partial charge < -0.3 is 15.5 Å². The number of amides is 1. The molecule has 0 fully saturated rings. The van der Waals surface area contributed by atoms with E-state index in [1.165, 1.54) is 0 Å². The van der Waals surface area contributed by atoms with Crippen molar-refractivity contribution in [2.24, 2.45) is 23.2 Å². The molecule has 22 heavy (non-hydrogen) atoms. The highest BCUT2D eigenvalue weighted by molar-refractivity contribution is 5.81. The Labute approximate surface area is 134 Å². The Morgan fingerprint density at radius 3 is 1.86 bits per heavy atom. The number of nitrogens with one attached hydrogen (secondary N) is 1. The van der Waals surface area contributed by atoms with Crippen molar-refractivity contribution in [1.29, 1.82) is 0 Å². The van der Waals surface area contributed by atoms with Gasteiger partial charge in [0.05, 0.1) is 18.1 Å². The Balaban J connectivity index is 5.01. The van der Waals surface area contributed by atoms with E-state index in [0.717, 1.165) is 0 Å². The highest BCUT2D eigenvalue weighted by Gasteiger charge is 2.32.